The predicted molar refractivity (Wildman–Crippen MR) is 117 cm³/mol. The summed E-state index contributed by atoms with van der Waals surface area (Å²) in [5.41, 5.74) is 3.45. The van der Waals surface area contributed by atoms with Crippen LogP contribution < -0.4 is 10.2 Å². The molecule has 0 bridgehead atoms. The number of hydrogen-bond donors (Lipinski definition) is 1. The molecule has 2 saturated heterocycles. The van der Waals surface area contributed by atoms with Crippen molar-refractivity contribution >= 4 is 17.3 Å². The van der Waals surface area contributed by atoms with Crippen LogP contribution in [0.15, 0.2) is 42.7 Å². The molecule has 1 aliphatic carbocycles. The zero-order valence-corrected chi connectivity index (χ0v) is 17.7. The second kappa shape index (κ2) is 7.53. The zero-order valence-electron chi connectivity index (χ0n) is 17.7. The molecule has 0 amide bonds. The average Bonchev–Trinajstić information content (AvgIpc) is 3.36. The van der Waals surface area contributed by atoms with Gasteiger partial charge in [-0.15, -0.1) is 5.10 Å². The van der Waals surface area contributed by atoms with Gasteiger partial charge in [0.2, 0.25) is 5.95 Å². The summed E-state index contributed by atoms with van der Waals surface area (Å²) in [5, 5.41) is 7.52. The Bertz CT molecular complexity index is 1140. The molecule has 3 fully saturated rings. The average molecular weight is 438 g/mol. The highest BCUT2D eigenvalue weighted by atomic mass is 19.1. The summed E-state index contributed by atoms with van der Waals surface area (Å²) in [6.45, 7) is 5.97. The lowest BCUT2D eigenvalue weighted by molar-refractivity contribution is 0.00588. The van der Waals surface area contributed by atoms with E-state index in [1.165, 1.54) is 29.6 Å². The molecule has 166 valence electrons. The molecule has 3 aliphatic rings. The lowest BCUT2D eigenvalue weighted by atomic mass is 10.0. The number of aryl methyl sites for hydroxylation is 1. The molecule has 9 heteroatoms. The number of fused-ring (bicyclic) bond motifs is 1. The second-order valence-electron chi connectivity index (χ2n) is 8.83. The Morgan fingerprint density at radius 2 is 1.84 bits per heavy atom. The molecule has 2 atom stereocenters. The minimum atomic E-state index is -0.657. The van der Waals surface area contributed by atoms with Gasteiger partial charge in [0.05, 0.1) is 18.4 Å². The summed E-state index contributed by atoms with van der Waals surface area (Å²) in [7, 11) is 0. The van der Waals surface area contributed by atoms with E-state index in [4.69, 9.17) is 4.74 Å². The van der Waals surface area contributed by atoms with Gasteiger partial charge in [-0.05, 0) is 49.2 Å². The summed E-state index contributed by atoms with van der Waals surface area (Å²) < 4.78 is 34.1. The van der Waals surface area contributed by atoms with Gasteiger partial charge in [0.15, 0.2) is 0 Å². The fourth-order valence-corrected chi connectivity index (χ4v) is 4.76. The summed E-state index contributed by atoms with van der Waals surface area (Å²) in [5.74, 6) is -0.952. The summed E-state index contributed by atoms with van der Waals surface area (Å²) in [6, 6.07) is 10.8. The number of benzene rings is 2. The minimum absolute atomic E-state index is 0.278. The molecule has 0 spiro atoms. The Morgan fingerprint density at radius 3 is 2.66 bits per heavy atom. The van der Waals surface area contributed by atoms with E-state index in [9.17, 15) is 8.78 Å². The topological polar surface area (TPSA) is 58.5 Å². The Balaban J connectivity index is 1.14. The number of aromatic nitrogens is 3. The van der Waals surface area contributed by atoms with Crippen molar-refractivity contribution in [2.24, 2.45) is 0 Å². The Labute approximate surface area is 184 Å². The van der Waals surface area contributed by atoms with Gasteiger partial charge in [-0.1, -0.05) is 0 Å². The molecule has 7 nitrogen and oxygen atoms in total. The van der Waals surface area contributed by atoms with Crippen molar-refractivity contribution in [2.45, 2.75) is 31.5 Å². The first-order chi connectivity index (χ1) is 15.5. The molecule has 1 N–H and O–H groups in total. The van der Waals surface area contributed by atoms with Gasteiger partial charge in [0.25, 0.3) is 0 Å². The van der Waals surface area contributed by atoms with Crippen molar-refractivity contribution in [1.82, 2.24) is 19.7 Å². The zero-order chi connectivity index (χ0) is 21.8. The number of rotatable bonds is 5. The van der Waals surface area contributed by atoms with Crippen LogP contribution in [0.4, 0.5) is 26.1 Å². The van der Waals surface area contributed by atoms with Gasteiger partial charge in [0, 0.05) is 49.2 Å². The Hall–Kier alpha value is -3.04. The van der Waals surface area contributed by atoms with Gasteiger partial charge in [-0.2, -0.15) is 4.98 Å². The van der Waals surface area contributed by atoms with E-state index in [1.54, 1.807) is 0 Å². The summed E-state index contributed by atoms with van der Waals surface area (Å²) in [6.07, 6.45) is 3.07. The quantitative estimate of drug-likeness (QED) is 0.660. The fraction of sp³-hybridized carbons (Fsp3) is 0.391. The standard InChI is InChI=1S/C23H24F2N6O/c1-14-4-17(27-23-26-13-31(28-23)19-7-15(24)6-16(25)8-19)9-18(5-14)29-11-20(12-29)30-2-3-32-22-10-21(22)30/h4-9,13,20-22H,2-3,10-12H2,1H3,(H,27,28). The maximum Gasteiger partial charge on any atom is 0.246 e. The lowest BCUT2D eigenvalue weighted by Crippen LogP contribution is -2.62. The molecule has 6 rings (SSSR count). The fourth-order valence-electron chi connectivity index (χ4n) is 4.76. The highest BCUT2D eigenvalue weighted by molar-refractivity contribution is 5.65. The van der Waals surface area contributed by atoms with E-state index < -0.39 is 11.6 Å². The summed E-state index contributed by atoms with van der Waals surface area (Å²) in [4.78, 5) is 9.24. The molecular weight excluding hydrogens is 414 g/mol. The summed E-state index contributed by atoms with van der Waals surface area (Å²) >= 11 is 0. The third kappa shape index (κ3) is 3.71. The molecule has 2 aromatic carbocycles. The van der Waals surface area contributed by atoms with Crippen molar-refractivity contribution in [2.75, 3.05) is 36.5 Å². The number of nitrogens with one attached hydrogen (secondary N) is 1. The molecule has 32 heavy (non-hydrogen) atoms. The minimum Gasteiger partial charge on any atom is -0.375 e. The van der Waals surface area contributed by atoms with Crippen LogP contribution in [0.2, 0.25) is 0 Å². The number of nitrogens with zero attached hydrogens (tertiary/aromatic N) is 5. The van der Waals surface area contributed by atoms with E-state index in [2.05, 4.69) is 44.3 Å². The number of ether oxygens (including phenoxy) is 1. The van der Waals surface area contributed by atoms with Crippen LogP contribution in [0.3, 0.4) is 0 Å². The molecule has 0 radical (unpaired) electrons. The van der Waals surface area contributed by atoms with E-state index in [-0.39, 0.29) is 5.69 Å². The van der Waals surface area contributed by atoms with Gasteiger partial charge in [0.1, 0.15) is 18.0 Å². The van der Waals surface area contributed by atoms with Crippen LogP contribution >= 0.6 is 0 Å². The number of hydrogen-bond acceptors (Lipinski definition) is 6. The first-order valence-electron chi connectivity index (χ1n) is 10.9. The number of halogens is 2. The second-order valence-corrected chi connectivity index (χ2v) is 8.83. The molecule has 3 aromatic rings. The van der Waals surface area contributed by atoms with Crippen molar-refractivity contribution in [3.63, 3.8) is 0 Å². The molecule has 1 aromatic heterocycles. The molecule has 2 unspecified atom stereocenters. The SMILES string of the molecule is Cc1cc(Nc2ncn(-c3cc(F)cc(F)c3)n2)cc(N2CC(N3CCOC4CC43)C2)c1. The van der Waals surface area contributed by atoms with Crippen LogP contribution in [0.5, 0.6) is 0 Å². The van der Waals surface area contributed by atoms with Crippen LogP contribution in [-0.2, 0) is 4.74 Å². The lowest BCUT2D eigenvalue weighted by Gasteiger charge is -2.48. The maximum atomic E-state index is 13.5. The molecule has 1 saturated carbocycles. The third-order valence-corrected chi connectivity index (χ3v) is 6.43. The van der Waals surface area contributed by atoms with Crippen molar-refractivity contribution < 1.29 is 13.5 Å². The smallest absolute Gasteiger partial charge is 0.246 e. The largest absolute Gasteiger partial charge is 0.375 e. The van der Waals surface area contributed by atoms with E-state index in [1.807, 2.05) is 6.07 Å². The van der Waals surface area contributed by atoms with Crippen molar-refractivity contribution in [1.29, 1.82) is 0 Å². The monoisotopic (exact) mass is 438 g/mol. The highest BCUT2D eigenvalue weighted by Crippen LogP contribution is 2.38. The van der Waals surface area contributed by atoms with Crippen molar-refractivity contribution in [3.05, 3.63) is 59.9 Å². The first-order valence-corrected chi connectivity index (χ1v) is 10.9. The Morgan fingerprint density at radius 1 is 1.03 bits per heavy atom. The van der Waals surface area contributed by atoms with Gasteiger partial charge in [-0.3, -0.25) is 4.90 Å². The first kappa shape index (κ1) is 19.6. The third-order valence-electron chi connectivity index (χ3n) is 6.43. The van der Waals surface area contributed by atoms with E-state index >= 15 is 0 Å². The molecule has 2 aliphatic heterocycles. The van der Waals surface area contributed by atoms with Gasteiger partial charge >= 0.3 is 0 Å². The van der Waals surface area contributed by atoms with Gasteiger partial charge < -0.3 is 15.0 Å². The normalized spacial score (nSPS) is 23.0. The Kier molecular flexibility index (Phi) is 4.62. The maximum absolute atomic E-state index is 13.5. The van der Waals surface area contributed by atoms with Crippen LogP contribution in [0.25, 0.3) is 5.69 Å². The highest BCUT2D eigenvalue weighted by Gasteiger charge is 2.50. The van der Waals surface area contributed by atoms with Crippen LogP contribution in [0, 0.1) is 18.6 Å². The molecule has 3 heterocycles. The van der Waals surface area contributed by atoms with Gasteiger partial charge in [-0.25, -0.2) is 13.5 Å². The van der Waals surface area contributed by atoms with E-state index in [0.717, 1.165) is 49.2 Å². The van der Waals surface area contributed by atoms with Crippen LogP contribution in [0.1, 0.15) is 12.0 Å². The van der Waals surface area contributed by atoms with Crippen molar-refractivity contribution in [3.8, 4) is 5.69 Å². The van der Waals surface area contributed by atoms with E-state index in [0.29, 0.717) is 24.1 Å². The number of anilines is 3. The predicted octanol–water partition coefficient (Wildman–Crippen LogP) is 3.26. The van der Waals surface area contributed by atoms with Crippen LogP contribution in [-0.4, -0.2) is 64.1 Å². The molecular formula is C23H24F2N6O. The number of morpholine rings is 1.